The van der Waals surface area contributed by atoms with Gasteiger partial charge in [-0.2, -0.15) is 0 Å². The van der Waals surface area contributed by atoms with Gasteiger partial charge in [-0.15, -0.1) is 0 Å². The molecule has 1 aromatic heterocycles. The lowest BCUT2D eigenvalue weighted by Crippen LogP contribution is -2.13. The molecule has 3 heteroatoms. The van der Waals surface area contributed by atoms with Crippen molar-refractivity contribution in [3.63, 3.8) is 0 Å². The molecule has 17 heavy (non-hydrogen) atoms. The predicted molar refractivity (Wildman–Crippen MR) is 69.1 cm³/mol. The van der Waals surface area contributed by atoms with E-state index >= 15 is 0 Å². The van der Waals surface area contributed by atoms with Crippen LogP contribution in [0.4, 0.5) is 0 Å². The molecule has 0 amide bonds. The predicted octanol–water partition coefficient (Wildman–Crippen LogP) is 2.88. The fourth-order valence-corrected chi connectivity index (χ4v) is 1.88. The van der Waals surface area contributed by atoms with Crippen LogP contribution in [0.3, 0.4) is 0 Å². The van der Waals surface area contributed by atoms with Gasteiger partial charge >= 0.3 is 0 Å². The van der Waals surface area contributed by atoms with Crippen molar-refractivity contribution in [2.75, 3.05) is 0 Å². The Hall–Kier alpha value is -1.38. The zero-order chi connectivity index (χ0) is 12.1. The second kappa shape index (κ2) is 5.80. The summed E-state index contributed by atoms with van der Waals surface area (Å²) in [7, 11) is 0. The first-order valence-electron chi connectivity index (χ1n) is 5.55. The molecule has 2 aromatic rings. The van der Waals surface area contributed by atoms with Crippen LogP contribution in [0.15, 0.2) is 48.8 Å². The summed E-state index contributed by atoms with van der Waals surface area (Å²) in [6, 6.07) is 11.4. The van der Waals surface area contributed by atoms with Crippen LogP contribution in [0.5, 0.6) is 0 Å². The lowest BCUT2D eigenvalue weighted by Gasteiger charge is -2.10. The van der Waals surface area contributed by atoms with E-state index in [1.807, 2.05) is 36.4 Å². The average molecular weight is 248 g/mol. The van der Waals surface area contributed by atoms with Crippen LogP contribution in [0.25, 0.3) is 0 Å². The molecule has 0 saturated heterocycles. The Kier molecular flexibility index (Phi) is 4.13. The van der Waals surface area contributed by atoms with Gasteiger partial charge in [-0.1, -0.05) is 29.8 Å². The summed E-state index contributed by atoms with van der Waals surface area (Å²) >= 11 is 5.81. The van der Waals surface area contributed by atoms with Gasteiger partial charge in [0.05, 0.1) is 6.10 Å². The van der Waals surface area contributed by atoms with Gasteiger partial charge in [-0.3, -0.25) is 4.98 Å². The standard InChI is InChI=1S/C14H14ClNO/c15-13-5-3-11(4-6-13)8-14(17)9-12-2-1-7-16-10-12/h1-7,10,14,17H,8-9H2. The van der Waals surface area contributed by atoms with E-state index in [9.17, 15) is 5.11 Å². The summed E-state index contributed by atoms with van der Waals surface area (Å²) < 4.78 is 0. The van der Waals surface area contributed by atoms with Crippen LogP contribution in [-0.2, 0) is 12.8 Å². The third-order valence-electron chi connectivity index (χ3n) is 2.58. The van der Waals surface area contributed by atoms with Gasteiger partial charge in [0.1, 0.15) is 0 Å². The number of rotatable bonds is 4. The number of aromatic nitrogens is 1. The van der Waals surface area contributed by atoms with Crippen molar-refractivity contribution in [2.24, 2.45) is 0 Å². The topological polar surface area (TPSA) is 33.1 Å². The molecule has 88 valence electrons. The quantitative estimate of drug-likeness (QED) is 0.901. The maximum absolute atomic E-state index is 9.96. The molecule has 0 bridgehead atoms. The SMILES string of the molecule is OC(Cc1ccc(Cl)cc1)Cc1cccnc1. The highest BCUT2D eigenvalue weighted by Crippen LogP contribution is 2.12. The van der Waals surface area contributed by atoms with E-state index < -0.39 is 0 Å². The first-order valence-corrected chi connectivity index (χ1v) is 5.93. The summed E-state index contributed by atoms with van der Waals surface area (Å²) in [6.07, 6.45) is 4.38. The summed E-state index contributed by atoms with van der Waals surface area (Å²) in [5.41, 5.74) is 2.14. The van der Waals surface area contributed by atoms with Crippen LogP contribution >= 0.6 is 11.6 Å². The molecule has 0 aliphatic heterocycles. The number of halogens is 1. The van der Waals surface area contributed by atoms with Crippen LogP contribution in [0, 0.1) is 0 Å². The highest BCUT2D eigenvalue weighted by molar-refractivity contribution is 6.30. The van der Waals surface area contributed by atoms with E-state index in [-0.39, 0.29) is 6.10 Å². The van der Waals surface area contributed by atoms with Crippen LogP contribution in [0.2, 0.25) is 5.02 Å². The van der Waals surface area contributed by atoms with Gasteiger partial charge in [0, 0.05) is 23.8 Å². The zero-order valence-corrected chi connectivity index (χ0v) is 10.1. The number of nitrogens with zero attached hydrogens (tertiary/aromatic N) is 1. The van der Waals surface area contributed by atoms with Crippen LogP contribution < -0.4 is 0 Å². The molecule has 1 heterocycles. The van der Waals surface area contributed by atoms with Gasteiger partial charge in [0.25, 0.3) is 0 Å². The molecular weight excluding hydrogens is 234 g/mol. The number of aliphatic hydroxyl groups excluding tert-OH is 1. The summed E-state index contributed by atoms with van der Waals surface area (Å²) in [6.45, 7) is 0. The molecule has 0 saturated carbocycles. The number of hydrogen-bond acceptors (Lipinski definition) is 2. The second-order valence-corrected chi connectivity index (χ2v) is 4.49. The van der Waals surface area contributed by atoms with E-state index in [1.165, 1.54) is 0 Å². The number of hydrogen-bond donors (Lipinski definition) is 1. The Labute approximate surface area is 106 Å². The first kappa shape index (κ1) is 12.1. The fourth-order valence-electron chi connectivity index (χ4n) is 1.76. The second-order valence-electron chi connectivity index (χ2n) is 4.05. The van der Waals surface area contributed by atoms with Gasteiger partial charge in [-0.05, 0) is 35.7 Å². The maximum Gasteiger partial charge on any atom is 0.0621 e. The molecule has 0 aliphatic carbocycles. The zero-order valence-electron chi connectivity index (χ0n) is 9.38. The molecule has 1 unspecified atom stereocenters. The Morgan fingerprint density at radius 1 is 1.06 bits per heavy atom. The molecule has 0 fully saturated rings. The maximum atomic E-state index is 9.96. The van der Waals surface area contributed by atoms with Crippen molar-refractivity contribution in [2.45, 2.75) is 18.9 Å². The average Bonchev–Trinajstić information content (AvgIpc) is 2.33. The van der Waals surface area contributed by atoms with Gasteiger partial charge in [-0.25, -0.2) is 0 Å². The summed E-state index contributed by atoms with van der Waals surface area (Å²) in [5.74, 6) is 0. The highest BCUT2D eigenvalue weighted by atomic mass is 35.5. The molecule has 0 spiro atoms. The lowest BCUT2D eigenvalue weighted by atomic mass is 10.0. The third-order valence-corrected chi connectivity index (χ3v) is 2.83. The van der Waals surface area contributed by atoms with Gasteiger partial charge in [0.2, 0.25) is 0 Å². The number of pyridine rings is 1. The number of benzene rings is 1. The first-order chi connectivity index (χ1) is 8.24. The van der Waals surface area contributed by atoms with E-state index in [0.717, 1.165) is 16.1 Å². The Morgan fingerprint density at radius 3 is 2.41 bits per heavy atom. The van der Waals surface area contributed by atoms with Crippen molar-refractivity contribution < 1.29 is 5.11 Å². The summed E-state index contributed by atoms with van der Waals surface area (Å²) in [5, 5.41) is 10.7. The highest BCUT2D eigenvalue weighted by Gasteiger charge is 2.06. The Morgan fingerprint density at radius 2 is 1.76 bits per heavy atom. The van der Waals surface area contributed by atoms with E-state index in [1.54, 1.807) is 12.4 Å². The Balaban J connectivity index is 1.93. The minimum atomic E-state index is -0.389. The lowest BCUT2D eigenvalue weighted by molar-refractivity contribution is 0.175. The molecule has 1 N–H and O–H groups in total. The van der Waals surface area contributed by atoms with Crippen LogP contribution in [-0.4, -0.2) is 16.2 Å². The van der Waals surface area contributed by atoms with Crippen molar-refractivity contribution in [1.82, 2.24) is 4.98 Å². The van der Waals surface area contributed by atoms with E-state index in [2.05, 4.69) is 4.98 Å². The van der Waals surface area contributed by atoms with Crippen LogP contribution in [0.1, 0.15) is 11.1 Å². The van der Waals surface area contributed by atoms with Crippen molar-refractivity contribution in [1.29, 1.82) is 0 Å². The van der Waals surface area contributed by atoms with Crippen molar-refractivity contribution in [3.05, 3.63) is 64.9 Å². The van der Waals surface area contributed by atoms with Crippen molar-refractivity contribution in [3.8, 4) is 0 Å². The van der Waals surface area contributed by atoms with Gasteiger partial charge < -0.3 is 5.11 Å². The normalized spacial score (nSPS) is 12.4. The molecule has 2 nitrogen and oxygen atoms in total. The molecule has 1 aromatic carbocycles. The third kappa shape index (κ3) is 3.84. The molecular formula is C14H14ClNO. The molecule has 1 atom stereocenters. The fraction of sp³-hybridized carbons (Fsp3) is 0.214. The smallest absolute Gasteiger partial charge is 0.0621 e. The van der Waals surface area contributed by atoms with E-state index in [0.29, 0.717) is 12.8 Å². The van der Waals surface area contributed by atoms with Gasteiger partial charge in [0.15, 0.2) is 0 Å². The largest absolute Gasteiger partial charge is 0.392 e. The van der Waals surface area contributed by atoms with Crippen molar-refractivity contribution >= 4 is 11.6 Å². The molecule has 2 rings (SSSR count). The molecule has 0 aliphatic rings. The molecule has 0 radical (unpaired) electrons. The Bertz CT molecular complexity index is 455. The minimum absolute atomic E-state index is 0.389. The monoisotopic (exact) mass is 247 g/mol. The number of aliphatic hydroxyl groups is 1. The van der Waals surface area contributed by atoms with E-state index in [4.69, 9.17) is 11.6 Å². The summed E-state index contributed by atoms with van der Waals surface area (Å²) in [4.78, 5) is 4.03. The minimum Gasteiger partial charge on any atom is -0.392 e.